The monoisotopic (exact) mass is 576 g/mol. The Morgan fingerprint density at radius 3 is 2.60 bits per heavy atom. The highest BCUT2D eigenvalue weighted by Crippen LogP contribution is 2.31. The number of carbonyl (C=O) groups excluding carboxylic acids is 1. The number of thiazole rings is 1. The van der Waals surface area contributed by atoms with E-state index in [0.717, 1.165) is 39.9 Å². The number of sulfonamides is 1. The lowest BCUT2D eigenvalue weighted by Gasteiger charge is -2.30. The van der Waals surface area contributed by atoms with E-state index in [1.807, 2.05) is 56.3 Å². The molecule has 1 fully saturated rings. The van der Waals surface area contributed by atoms with Gasteiger partial charge in [-0.1, -0.05) is 24.3 Å². The van der Waals surface area contributed by atoms with Crippen LogP contribution in [0.1, 0.15) is 48.2 Å². The molecule has 2 heterocycles. The topological polar surface area (TPSA) is 92.2 Å². The molecule has 0 N–H and O–H groups in total. The fraction of sp³-hybridized carbons (Fsp3) is 0.300. The third kappa shape index (κ3) is 6.09. The first-order chi connectivity index (χ1) is 19.2. The van der Waals surface area contributed by atoms with Gasteiger partial charge in [-0.25, -0.2) is 13.4 Å². The highest BCUT2D eigenvalue weighted by molar-refractivity contribution is 7.89. The van der Waals surface area contributed by atoms with Crippen molar-refractivity contribution in [3.8, 4) is 5.75 Å². The van der Waals surface area contributed by atoms with Gasteiger partial charge in [-0.15, -0.1) is 0 Å². The molecule has 1 aromatic heterocycles. The minimum atomic E-state index is -3.63. The van der Waals surface area contributed by atoms with Crippen molar-refractivity contribution in [1.29, 1.82) is 0 Å². The fourth-order valence-electron chi connectivity index (χ4n) is 4.65. The van der Waals surface area contributed by atoms with Crippen LogP contribution in [0.3, 0.4) is 0 Å². The van der Waals surface area contributed by atoms with E-state index >= 15 is 0 Å². The zero-order chi connectivity index (χ0) is 28.3. The Morgan fingerprint density at radius 2 is 1.90 bits per heavy atom. The van der Waals surface area contributed by atoms with Crippen molar-refractivity contribution < 1.29 is 17.9 Å². The number of aromatic nitrogens is 1. The number of fused-ring (bicyclic) bond motifs is 1. The number of rotatable bonds is 8. The average molecular weight is 577 g/mol. The Kier molecular flexibility index (Phi) is 8.30. The molecule has 3 aromatic carbocycles. The summed E-state index contributed by atoms with van der Waals surface area (Å²) in [5, 5.41) is 6.22. The first-order valence-corrected chi connectivity index (χ1v) is 15.6. The maximum absolute atomic E-state index is 13.8. The predicted molar refractivity (Wildman–Crippen MR) is 160 cm³/mol. The van der Waals surface area contributed by atoms with Crippen LogP contribution in [0.2, 0.25) is 0 Å². The maximum Gasteiger partial charge on any atom is 0.280 e. The number of hydrogen-bond donors (Lipinski definition) is 0. The zero-order valence-electron chi connectivity index (χ0n) is 22.8. The molecule has 1 aliphatic rings. The summed E-state index contributed by atoms with van der Waals surface area (Å²) < 4.78 is 34.4. The van der Waals surface area contributed by atoms with Crippen molar-refractivity contribution >= 4 is 48.8 Å². The molecule has 0 aliphatic carbocycles. The first kappa shape index (κ1) is 27.9. The van der Waals surface area contributed by atoms with Gasteiger partial charge in [0, 0.05) is 18.7 Å². The predicted octanol–water partition coefficient (Wildman–Crippen LogP) is 6.10. The fourth-order valence-corrected chi connectivity index (χ4v) is 7.26. The number of aryl methyl sites for hydroxylation is 1. The molecule has 1 aliphatic heterocycles. The molecule has 5 rings (SSSR count). The first-order valence-electron chi connectivity index (χ1n) is 13.3. The van der Waals surface area contributed by atoms with Crippen LogP contribution in [0.4, 0.5) is 5.13 Å². The van der Waals surface area contributed by atoms with Gasteiger partial charge in [0.1, 0.15) is 5.75 Å². The second-order valence-electron chi connectivity index (χ2n) is 9.97. The van der Waals surface area contributed by atoms with Gasteiger partial charge >= 0.3 is 0 Å². The van der Waals surface area contributed by atoms with Crippen LogP contribution in [0.5, 0.6) is 5.75 Å². The number of amides is 1. The van der Waals surface area contributed by atoms with Gasteiger partial charge in [-0.05, 0) is 104 Å². The van der Waals surface area contributed by atoms with E-state index in [4.69, 9.17) is 4.74 Å². The third-order valence-corrected chi connectivity index (χ3v) is 9.65. The molecular weight excluding hydrogens is 544 g/mol. The standard InChI is InChI=1S/C30H32N4O4S2/c1-4-38-25-12-8-23(9-13-25)19-31-34(30-32-27-16-7-21(2)18-28(27)39-30)29(35)24-10-14-26(15-11-24)40(36,37)33-17-5-6-22(3)20-33/h7-16,18-19,22H,4-6,17,20H2,1-3H3/b31-19+. The number of nitrogens with zero attached hydrogens (tertiary/aromatic N) is 4. The lowest BCUT2D eigenvalue weighted by atomic mass is 10.0. The minimum absolute atomic E-state index is 0.179. The number of hydrazone groups is 1. The number of carbonyl (C=O) groups is 1. The van der Waals surface area contributed by atoms with Crippen LogP contribution in [0.15, 0.2) is 76.7 Å². The number of ether oxygens (including phenoxy) is 1. The largest absolute Gasteiger partial charge is 0.494 e. The van der Waals surface area contributed by atoms with Gasteiger partial charge < -0.3 is 4.74 Å². The van der Waals surface area contributed by atoms with Crippen molar-refractivity contribution in [2.45, 2.75) is 38.5 Å². The Balaban J connectivity index is 1.45. The van der Waals surface area contributed by atoms with E-state index in [-0.39, 0.29) is 4.90 Å². The number of hydrogen-bond acceptors (Lipinski definition) is 7. The van der Waals surface area contributed by atoms with E-state index in [1.165, 1.54) is 32.8 Å². The summed E-state index contributed by atoms with van der Waals surface area (Å²) in [6.07, 6.45) is 3.47. The smallest absolute Gasteiger partial charge is 0.280 e. The summed E-state index contributed by atoms with van der Waals surface area (Å²) in [4.78, 5) is 18.6. The van der Waals surface area contributed by atoms with Gasteiger partial charge in [-0.3, -0.25) is 4.79 Å². The molecule has 1 unspecified atom stereocenters. The van der Waals surface area contributed by atoms with Gasteiger partial charge in [-0.2, -0.15) is 14.4 Å². The molecular formula is C30H32N4O4S2. The van der Waals surface area contributed by atoms with Crippen LogP contribution in [0, 0.1) is 12.8 Å². The van der Waals surface area contributed by atoms with Crippen molar-refractivity contribution in [3.63, 3.8) is 0 Å². The quantitative estimate of drug-likeness (QED) is 0.187. The van der Waals surface area contributed by atoms with E-state index in [2.05, 4.69) is 17.0 Å². The van der Waals surface area contributed by atoms with Crippen LogP contribution in [0.25, 0.3) is 10.2 Å². The molecule has 10 heteroatoms. The van der Waals surface area contributed by atoms with Crippen molar-refractivity contribution in [3.05, 3.63) is 83.4 Å². The van der Waals surface area contributed by atoms with Crippen LogP contribution in [-0.4, -0.2) is 49.5 Å². The molecule has 1 saturated heterocycles. The summed E-state index contributed by atoms with van der Waals surface area (Å²) in [5.41, 5.74) is 2.97. The van der Waals surface area contributed by atoms with Crippen molar-refractivity contribution in [2.24, 2.45) is 11.0 Å². The number of benzene rings is 3. The van der Waals surface area contributed by atoms with Gasteiger partial charge in [0.05, 0.1) is 27.9 Å². The average Bonchev–Trinajstić information content (AvgIpc) is 3.37. The molecule has 0 radical (unpaired) electrons. The zero-order valence-corrected chi connectivity index (χ0v) is 24.4. The van der Waals surface area contributed by atoms with Gasteiger partial charge in [0.15, 0.2) is 0 Å². The van der Waals surface area contributed by atoms with E-state index in [1.54, 1.807) is 18.3 Å². The third-order valence-electron chi connectivity index (χ3n) is 6.78. The second kappa shape index (κ2) is 11.9. The van der Waals surface area contributed by atoms with E-state index in [9.17, 15) is 13.2 Å². The second-order valence-corrected chi connectivity index (χ2v) is 12.9. The molecule has 1 atom stereocenters. The van der Waals surface area contributed by atoms with Crippen LogP contribution in [-0.2, 0) is 10.0 Å². The van der Waals surface area contributed by atoms with Crippen molar-refractivity contribution in [2.75, 3.05) is 24.7 Å². The summed E-state index contributed by atoms with van der Waals surface area (Å²) >= 11 is 1.37. The van der Waals surface area contributed by atoms with Crippen LogP contribution >= 0.6 is 11.3 Å². The Morgan fingerprint density at radius 1 is 1.15 bits per heavy atom. The van der Waals surface area contributed by atoms with E-state index in [0.29, 0.717) is 36.3 Å². The number of anilines is 1. The Bertz CT molecular complexity index is 1630. The minimum Gasteiger partial charge on any atom is -0.494 e. The lowest BCUT2D eigenvalue weighted by Crippen LogP contribution is -2.39. The molecule has 1 amide bonds. The van der Waals surface area contributed by atoms with Crippen LogP contribution < -0.4 is 9.75 Å². The highest BCUT2D eigenvalue weighted by atomic mass is 32.2. The molecule has 208 valence electrons. The summed E-state index contributed by atoms with van der Waals surface area (Å²) in [5.74, 6) is 0.667. The van der Waals surface area contributed by atoms with Crippen molar-refractivity contribution in [1.82, 2.24) is 9.29 Å². The summed E-state index contributed by atoms with van der Waals surface area (Å²) in [7, 11) is -3.63. The molecule has 4 aromatic rings. The Hall–Kier alpha value is -3.60. The van der Waals surface area contributed by atoms with Gasteiger partial charge in [0.25, 0.3) is 5.91 Å². The maximum atomic E-state index is 13.8. The highest BCUT2D eigenvalue weighted by Gasteiger charge is 2.29. The number of piperidine rings is 1. The molecule has 40 heavy (non-hydrogen) atoms. The Labute approximate surface area is 239 Å². The molecule has 0 bridgehead atoms. The molecule has 8 nitrogen and oxygen atoms in total. The SMILES string of the molecule is CCOc1ccc(/C=N/N(C(=O)c2ccc(S(=O)(=O)N3CCCC(C)C3)cc2)c2nc3ccc(C)cc3s2)cc1. The summed E-state index contributed by atoms with van der Waals surface area (Å²) in [6.45, 7) is 7.59. The molecule has 0 spiro atoms. The normalized spacial score (nSPS) is 16.4. The van der Waals surface area contributed by atoms with Gasteiger partial charge in [0.2, 0.25) is 15.2 Å². The van der Waals surface area contributed by atoms with E-state index < -0.39 is 15.9 Å². The lowest BCUT2D eigenvalue weighted by molar-refractivity contribution is 0.0987. The summed E-state index contributed by atoms with van der Waals surface area (Å²) in [6, 6.07) is 19.4. The molecule has 0 saturated carbocycles.